The van der Waals surface area contributed by atoms with E-state index in [0.717, 1.165) is 26.4 Å². The van der Waals surface area contributed by atoms with Gasteiger partial charge in [-0.15, -0.1) is 0 Å². The van der Waals surface area contributed by atoms with Crippen molar-refractivity contribution in [3.63, 3.8) is 0 Å². The molecule has 0 spiro atoms. The van der Waals surface area contributed by atoms with Crippen molar-refractivity contribution in [2.24, 2.45) is 10.8 Å². The summed E-state index contributed by atoms with van der Waals surface area (Å²) in [4.78, 5) is 0. The van der Waals surface area contributed by atoms with E-state index in [1.807, 2.05) is 0 Å². The highest BCUT2D eigenvalue weighted by Gasteiger charge is 2.36. The Hall–Kier alpha value is -0.860. The average Bonchev–Trinajstić information content (AvgIpc) is 2.47. The predicted molar refractivity (Wildman–Crippen MR) is 90.2 cm³/mol. The lowest BCUT2D eigenvalue weighted by Crippen LogP contribution is -2.42. The molecular formula is C20H30O2. The summed E-state index contributed by atoms with van der Waals surface area (Å²) in [5.74, 6) is 0. The smallest absolute Gasteiger partial charge is 0.0544 e. The summed E-state index contributed by atoms with van der Waals surface area (Å²) in [6, 6.07) is 9.31. The summed E-state index contributed by atoms with van der Waals surface area (Å²) in [5.41, 5.74) is 3.88. The first kappa shape index (κ1) is 16.0. The van der Waals surface area contributed by atoms with Gasteiger partial charge in [-0.25, -0.2) is 0 Å². The number of hydrogen-bond donors (Lipinski definition) is 0. The van der Waals surface area contributed by atoms with Gasteiger partial charge in [0, 0.05) is 10.8 Å². The van der Waals surface area contributed by atoms with Gasteiger partial charge in [0.2, 0.25) is 0 Å². The molecule has 0 N–H and O–H groups in total. The number of hydrogen-bond acceptors (Lipinski definition) is 2. The van der Waals surface area contributed by atoms with Gasteiger partial charge in [0.15, 0.2) is 0 Å². The fourth-order valence-corrected chi connectivity index (χ4v) is 3.52. The lowest BCUT2D eigenvalue weighted by molar-refractivity contribution is -0.119. The van der Waals surface area contributed by atoms with E-state index in [2.05, 4.69) is 38.1 Å². The highest BCUT2D eigenvalue weighted by Crippen LogP contribution is 2.37. The minimum atomic E-state index is 0.469. The molecule has 1 aromatic carbocycles. The number of ether oxygens (including phenoxy) is 2. The van der Waals surface area contributed by atoms with Crippen LogP contribution in [0.2, 0.25) is 0 Å². The van der Waals surface area contributed by atoms with Crippen molar-refractivity contribution in [2.75, 3.05) is 26.4 Å². The third kappa shape index (κ3) is 3.38. The van der Waals surface area contributed by atoms with Gasteiger partial charge >= 0.3 is 0 Å². The van der Waals surface area contributed by atoms with Crippen LogP contribution in [0, 0.1) is 10.8 Å². The Kier molecular flexibility index (Phi) is 4.89. The first-order valence-corrected chi connectivity index (χ1v) is 8.93. The second-order valence-corrected chi connectivity index (χ2v) is 7.51. The molecule has 2 aliphatic heterocycles. The molecule has 0 unspecified atom stereocenters. The van der Waals surface area contributed by atoms with Gasteiger partial charge in [0.25, 0.3) is 0 Å². The Morgan fingerprint density at radius 1 is 0.727 bits per heavy atom. The maximum absolute atomic E-state index is 5.42. The SMILES string of the molecule is CCC1(CCc2ccc(CCC3(CC)COC3)cc2)COC1. The lowest BCUT2D eigenvalue weighted by Gasteiger charge is -2.41. The Labute approximate surface area is 135 Å². The van der Waals surface area contributed by atoms with Gasteiger partial charge < -0.3 is 9.47 Å². The van der Waals surface area contributed by atoms with Gasteiger partial charge in [-0.1, -0.05) is 38.1 Å². The topological polar surface area (TPSA) is 18.5 Å². The van der Waals surface area contributed by atoms with Crippen LogP contribution in [0.5, 0.6) is 0 Å². The molecular weight excluding hydrogens is 272 g/mol. The molecule has 122 valence electrons. The number of benzene rings is 1. The van der Waals surface area contributed by atoms with E-state index in [4.69, 9.17) is 9.47 Å². The normalized spacial score (nSPS) is 21.9. The third-order valence-electron chi connectivity index (χ3n) is 6.04. The molecule has 0 atom stereocenters. The Morgan fingerprint density at radius 3 is 1.32 bits per heavy atom. The molecule has 3 rings (SSSR count). The van der Waals surface area contributed by atoms with Gasteiger partial charge in [0.1, 0.15) is 0 Å². The number of rotatable bonds is 8. The fourth-order valence-electron chi connectivity index (χ4n) is 3.52. The summed E-state index contributed by atoms with van der Waals surface area (Å²) >= 11 is 0. The molecule has 2 aliphatic rings. The van der Waals surface area contributed by atoms with Crippen LogP contribution in [0.4, 0.5) is 0 Å². The second kappa shape index (κ2) is 6.72. The molecule has 0 bridgehead atoms. The first-order valence-electron chi connectivity index (χ1n) is 8.93. The summed E-state index contributed by atoms with van der Waals surface area (Å²) in [6.07, 6.45) is 7.38. The van der Waals surface area contributed by atoms with Crippen molar-refractivity contribution in [3.05, 3.63) is 35.4 Å². The van der Waals surface area contributed by atoms with E-state index >= 15 is 0 Å². The van der Waals surface area contributed by atoms with Crippen LogP contribution in [0.15, 0.2) is 24.3 Å². The van der Waals surface area contributed by atoms with E-state index in [1.165, 1.54) is 49.7 Å². The quantitative estimate of drug-likeness (QED) is 0.708. The van der Waals surface area contributed by atoms with Crippen LogP contribution in [0.1, 0.15) is 50.7 Å². The maximum Gasteiger partial charge on any atom is 0.0544 e. The summed E-state index contributed by atoms with van der Waals surface area (Å²) < 4.78 is 10.8. The largest absolute Gasteiger partial charge is 0.380 e. The molecule has 2 fully saturated rings. The Balaban J connectivity index is 1.47. The lowest BCUT2D eigenvalue weighted by atomic mass is 9.77. The zero-order valence-electron chi connectivity index (χ0n) is 14.2. The van der Waals surface area contributed by atoms with Gasteiger partial charge in [-0.2, -0.15) is 0 Å². The van der Waals surface area contributed by atoms with E-state index in [-0.39, 0.29) is 0 Å². The molecule has 0 aliphatic carbocycles. The van der Waals surface area contributed by atoms with E-state index in [9.17, 15) is 0 Å². The van der Waals surface area contributed by atoms with Crippen molar-refractivity contribution < 1.29 is 9.47 Å². The molecule has 0 amide bonds. The van der Waals surface area contributed by atoms with Gasteiger partial charge in [0.05, 0.1) is 26.4 Å². The van der Waals surface area contributed by atoms with E-state index in [0.29, 0.717) is 10.8 Å². The molecule has 22 heavy (non-hydrogen) atoms. The van der Waals surface area contributed by atoms with E-state index < -0.39 is 0 Å². The van der Waals surface area contributed by atoms with Crippen LogP contribution >= 0.6 is 0 Å². The van der Waals surface area contributed by atoms with Crippen LogP contribution < -0.4 is 0 Å². The predicted octanol–water partition coefficient (Wildman–Crippen LogP) is 4.41. The minimum Gasteiger partial charge on any atom is -0.380 e. The van der Waals surface area contributed by atoms with Crippen LogP contribution in [0.25, 0.3) is 0 Å². The summed E-state index contributed by atoms with van der Waals surface area (Å²) in [5, 5.41) is 0. The summed E-state index contributed by atoms with van der Waals surface area (Å²) in [6.45, 7) is 8.43. The standard InChI is InChI=1S/C20H30O2/c1-3-19(13-21-14-19)11-9-17-5-7-18(8-6-17)10-12-20(4-2)15-22-16-20/h5-8H,3-4,9-16H2,1-2H3. The first-order chi connectivity index (χ1) is 10.7. The van der Waals surface area contributed by atoms with Crippen LogP contribution in [-0.4, -0.2) is 26.4 Å². The molecule has 2 heteroatoms. The second-order valence-electron chi connectivity index (χ2n) is 7.51. The van der Waals surface area contributed by atoms with Crippen molar-refractivity contribution in [2.45, 2.75) is 52.4 Å². The zero-order chi connectivity index (χ0) is 15.5. The molecule has 2 heterocycles. The Bertz CT molecular complexity index is 413. The zero-order valence-corrected chi connectivity index (χ0v) is 14.2. The summed E-state index contributed by atoms with van der Waals surface area (Å²) in [7, 11) is 0. The van der Waals surface area contributed by atoms with Crippen molar-refractivity contribution in [3.8, 4) is 0 Å². The van der Waals surface area contributed by atoms with E-state index in [1.54, 1.807) is 0 Å². The molecule has 1 aromatic rings. The molecule has 0 aromatic heterocycles. The van der Waals surface area contributed by atoms with Crippen molar-refractivity contribution in [1.82, 2.24) is 0 Å². The van der Waals surface area contributed by atoms with Gasteiger partial charge in [-0.05, 0) is 49.7 Å². The van der Waals surface area contributed by atoms with Gasteiger partial charge in [-0.3, -0.25) is 0 Å². The molecule has 0 saturated carbocycles. The highest BCUT2D eigenvalue weighted by molar-refractivity contribution is 5.23. The minimum absolute atomic E-state index is 0.469. The maximum atomic E-state index is 5.42. The van der Waals surface area contributed by atoms with Crippen molar-refractivity contribution in [1.29, 1.82) is 0 Å². The fraction of sp³-hybridized carbons (Fsp3) is 0.700. The van der Waals surface area contributed by atoms with Crippen LogP contribution in [-0.2, 0) is 22.3 Å². The highest BCUT2D eigenvalue weighted by atomic mass is 16.5. The molecule has 2 nitrogen and oxygen atoms in total. The van der Waals surface area contributed by atoms with Crippen LogP contribution in [0.3, 0.4) is 0 Å². The van der Waals surface area contributed by atoms with Crippen molar-refractivity contribution >= 4 is 0 Å². The monoisotopic (exact) mass is 302 g/mol. The third-order valence-corrected chi connectivity index (χ3v) is 6.04. The average molecular weight is 302 g/mol. The number of aryl methyl sites for hydroxylation is 2. The molecule has 0 radical (unpaired) electrons. The Morgan fingerprint density at radius 2 is 1.09 bits per heavy atom. The molecule has 2 saturated heterocycles.